The summed E-state index contributed by atoms with van der Waals surface area (Å²) in [5.41, 5.74) is 35.2. The van der Waals surface area contributed by atoms with Gasteiger partial charge in [0.2, 0.25) is 17.8 Å². The van der Waals surface area contributed by atoms with Crippen molar-refractivity contribution >= 4 is 106 Å². The molecule has 0 spiro atoms. The monoisotopic (exact) mass is 1390 g/mol. The molecule has 3 aromatic rings. The Morgan fingerprint density at radius 2 is 0.863 bits per heavy atom. The van der Waals surface area contributed by atoms with Crippen LogP contribution in [-0.2, 0) is 42.8 Å². The van der Waals surface area contributed by atoms with Crippen molar-refractivity contribution in [1.29, 1.82) is 0 Å². The summed E-state index contributed by atoms with van der Waals surface area (Å²) in [6, 6.07) is -2.02. The summed E-state index contributed by atoms with van der Waals surface area (Å²) >= 11 is 4.04. The lowest BCUT2D eigenvalue weighted by Crippen LogP contribution is -2.42. The van der Waals surface area contributed by atoms with Crippen LogP contribution in [0.1, 0.15) is 80.1 Å². The molecule has 0 amide bonds. The van der Waals surface area contributed by atoms with Gasteiger partial charge in [0.25, 0.3) is 0 Å². The molecule has 0 bridgehead atoms. The molecular weight excluding hydrogens is 1300 g/mol. The summed E-state index contributed by atoms with van der Waals surface area (Å²) in [6.07, 6.45) is -6.88. The summed E-state index contributed by atoms with van der Waals surface area (Å²) < 4.78 is 33.3. The number of nitrogens with one attached hydrogen (secondary N) is 1. The van der Waals surface area contributed by atoms with E-state index < -0.39 is 110 Å². The minimum absolute atomic E-state index is 0.0546. The van der Waals surface area contributed by atoms with E-state index in [0.717, 1.165) is 54.4 Å². The summed E-state index contributed by atoms with van der Waals surface area (Å²) in [6.45, 7) is 24.0. The van der Waals surface area contributed by atoms with Crippen LogP contribution in [0.4, 0.5) is 52.8 Å². The first-order valence-corrected chi connectivity index (χ1v) is 33.8. The minimum atomic E-state index is -1.30. The summed E-state index contributed by atoms with van der Waals surface area (Å²) in [5, 5.41) is 68.7. The number of esters is 3. The van der Waals surface area contributed by atoms with Gasteiger partial charge >= 0.3 is 17.9 Å². The molecule has 0 aromatic carbocycles. The second kappa shape index (κ2) is 30.6. The quantitative estimate of drug-likeness (QED) is 0.0566. The van der Waals surface area contributed by atoms with Crippen LogP contribution in [0.2, 0.25) is 0 Å². The van der Waals surface area contributed by atoms with Crippen LogP contribution in [0, 0.1) is 17.8 Å². The number of nitrogen functional groups attached to an aromatic ring is 3. The minimum Gasteiger partial charge on any atom is -0.462 e. The number of hydrogen-bond donors (Lipinski definition) is 13. The van der Waals surface area contributed by atoms with Gasteiger partial charge in [-0.25, -0.2) is 0 Å². The van der Waals surface area contributed by atoms with E-state index in [0.29, 0.717) is 55.1 Å². The zero-order valence-electron chi connectivity index (χ0n) is 54.3. The molecule has 524 valence electrons. The molecule has 5 fully saturated rings. The third-order valence-corrected chi connectivity index (χ3v) is 20.2. The van der Waals surface area contributed by atoms with E-state index >= 15 is 0 Å². The lowest BCUT2D eigenvalue weighted by Gasteiger charge is -2.28. The maximum Gasteiger partial charge on any atom is 0.323 e. The number of ether oxygens (including phenoxy) is 6. The van der Waals surface area contributed by atoms with Gasteiger partial charge in [0.1, 0.15) is 105 Å². The maximum atomic E-state index is 12.1. The largest absolute Gasteiger partial charge is 0.462 e. The second-order valence-electron chi connectivity index (χ2n) is 25.3. The normalized spacial score (nSPS) is 27.9. The summed E-state index contributed by atoms with van der Waals surface area (Å²) in [5.74, 6) is 1.51. The molecule has 95 heavy (non-hydrogen) atoms. The number of rotatable bonds is 19. The third-order valence-electron chi connectivity index (χ3n) is 17.2. The van der Waals surface area contributed by atoms with Gasteiger partial charge in [-0.15, -0.1) is 0 Å². The van der Waals surface area contributed by atoms with Crippen LogP contribution < -0.4 is 64.2 Å². The second-order valence-corrected chi connectivity index (χ2v) is 28.6. The Labute approximate surface area is 563 Å². The van der Waals surface area contributed by atoms with Gasteiger partial charge in [0.05, 0.1) is 29.8 Å². The van der Waals surface area contributed by atoms with E-state index in [1.807, 2.05) is 41.8 Å². The third kappa shape index (κ3) is 15.7. The molecule has 4 saturated heterocycles. The highest BCUT2D eigenvalue weighted by Crippen LogP contribution is 2.54. The zero-order valence-corrected chi connectivity index (χ0v) is 56.8. The van der Waals surface area contributed by atoms with E-state index in [9.17, 15) is 45.0 Å². The highest BCUT2D eigenvalue weighted by Gasteiger charge is 2.53. The van der Waals surface area contributed by atoms with Crippen LogP contribution in [0.25, 0.3) is 0 Å². The molecule has 8 aliphatic rings. The number of aliphatic hydroxyl groups is 6. The van der Waals surface area contributed by atoms with Crippen molar-refractivity contribution in [1.82, 2.24) is 29.9 Å². The van der Waals surface area contributed by atoms with Crippen molar-refractivity contribution in [2.24, 2.45) is 35.0 Å². The van der Waals surface area contributed by atoms with Gasteiger partial charge in [0.15, 0.2) is 42.0 Å². The van der Waals surface area contributed by atoms with Crippen molar-refractivity contribution in [2.75, 3.05) is 94.0 Å². The molecule has 19 N–H and O–H groups in total. The lowest BCUT2D eigenvalue weighted by atomic mass is 10.1. The van der Waals surface area contributed by atoms with Crippen molar-refractivity contribution < 1.29 is 73.4 Å². The van der Waals surface area contributed by atoms with Gasteiger partial charge in [0, 0.05) is 33.2 Å². The number of aromatic nitrogens is 6. The SMILES string of the molecule is C=C1Sc2c(N(C)C)nc(N)nc2N1[C@@H]1O[C@H](COC(=O)[C@@H](N)C(C)C)[C@@H](O)[C@H]1O.C=C1Sc2c(N3CCCC3)nc(N)nc2N1[C@@H]1O[C@H](COC(=O)[C@@H](N)C(C)C)[C@@H](O)[C@H]1O.C=C1Sc2c(NC3CCCC3)nc(N)nc2N1[C@@H]1O[C@H](COC(=O)[C@@H](N)C(C)C)[C@@H](O)[C@H]1O. The molecule has 11 rings (SSSR count). The van der Waals surface area contributed by atoms with Crippen LogP contribution in [0.5, 0.6) is 0 Å². The van der Waals surface area contributed by atoms with Crippen molar-refractivity contribution in [3.8, 4) is 0 Å². The number of fused-ring (bicyclic) bond motifs is 3. The van der Waals surface area contributed by atoms with Crippen LogP contribution >= 0.6 is 35.3 Å². The molecule has 10 heterocycles. The average Bonchev–Trinajstić information content (AvgIpc) is 1.58. The standard InChI is InChI=1S/C21H32N6O5S.C20H30N6O5S.C18H28N6O5S/c1-9(2)13(22)20(30)31-8-12-14(28)15(29)19(32-12)27-10(3)33-16-17(24-11-6-4-5-7-11)25-21(23)26-18(16)27;1-9(2)12(21)19(29)30-8-11-13(27)14(28)18(31-11)26-10(3)32-15-16(25-6-4-5-7-25)23-20(22)24-17(15)26;1-7(2)10(19)17(27)28-6-9-11(25)12(26)16(29-9)24-8(3)30-13-14(23(4)5)21-18(20)22-15(13)24/h9,11-15,19,28-29H,3-8,22H2,1-2H3,(H3,23,24,25,26);9,11-14,18,27-28H,3-8,21H2,1-2H3,(H2,22,23,24);7,9-12,16,25-26H,3,6,19H2,1-2,4-5H3,(H2,20,21,22)/t12-,13+,14-,15-,19-;11-,12+,13-,14-,18-;9-,10+,11-,12-,16-/m111/s1. The molecule has 3 aromatic heterocycles. The zero-order chi connectivity index (χ0) is 69.3. The fraction of sp³-hybridized carbons (Fsp3) is 0.644. The first-order valence-electron chi connectivity index (χ1n) is 31.4. The Bertz CT molecular complexity index is 3320. The van der Waals surface area contributed by atoms with Gasteiger partial charge in [-0.3, -0.25) is 29.1 Å². The van der Waals surface area contributed by atoms with Crippen LogP contribution in [0.3, 0.4) is 0 Å². The Balaban J connectivity index is 0.000000168. The number of nitrogens with zero attached hydrogens (tertiary/aromatic N) is 11. The van der Waals surface area contributed by atoms with Crippen molar-refractivity contribution in [2.45, 2.75) is 193 Å². The summed E-state index contributed by atoms with van der Waals surface area (Å²) in [7, 11) is 3.65. The lowest BCUT2D eigenvalue weighted by molar-refractivity contribution is -0.152. The highest BCUT2D eigenvalue weighted by atomic mass is 32.2. The van der Waals surface area contributed by atoms with E-state index in [2.05, 4.69) is 59.9 Å². The number of carbonyl (C=O) groups is 3. The number of anilines is 9. The van der Waals surface area contributed by atoms with E-state index in [1.54, 1.807) is 33.4 Å². The Morgan fingerprint density at radius 3 is 1.25 bits per heavy atom. The van der Waals surface area contributed by atoms with Crippen LogP contribution in [-0.4, -0.2) is 223 Å². The van der Waals surface area contributed by atoms with Gasteiger partial charge in [-0.2, -0.15) is 29.9 Å². The summed E-state index contributed by atoms with van der Waals surface area (Å²) in [4.78, 5) is 73.2. The van der Waals surface area contributed by atoms with E-state index in [-0.39, 0.29) is 55.4 Å². The molecule has 15 atom stereocenters. The van der Waals surface area contributed by atoms with Crippen molar-refractivity contribution in [3.63, 3.8) is 0 Å². The van der Waals surface area contributed by atoms with E-state index in [4.69, 9.17) is 62.8 Å². The Morgan fingerprint density at radius 1 is 0.526 bits per heavy atom. The molecular formula is C59H90N18O15S3. The first kappa shape index (κ1) is 72.9. The Kier molecular flexibility index (Phi) is 23.5. The fourth-order valence-electron chi connectivity index (χ4n) is 11.4. The van der Waals surface area contributed by atoms with Gasteiger partial charge in [-0.1, -0.05) is 109 Å². The van der Waals surface area contributed by atoms with Gasteiger partial charge in [-0.05, 0) is 43.4 Å². The molecule has 0 radical (unpaired) electrons. The fourth-order valence-corrected chi connectivity index (χ4v) is 14.5. The van der Waals surface area contributed by atoms with Crippen LogP contribution in [0.15, 0.2) is 49.5 Å². The predicted molar refractivity (Wildman–Crippen MR) is 357 cm³/mol. The molecule has 7 aliphatic heterocycles. The smallest absolute Gasteiger partial charge is 0.323 e. The number of nitrogens with two attached hydrogens (primary N) is 6. The van der Waals surface area contributed by atoms with Crippen molar-refractivity contribution in [3.05, 3.63) is 34.8 Å². The van der Waals surface area contributed by atoms with E-state index in [1.165, 1.54) is 48.1 Å². The molecule has 36 heteroatoms. The maximum absolute atomic E-state index is 12.1. The number of aliphatic hydroxyl groups excluding tert-OH is 6. The molecule has 1 saturated carbocycles. The number of thioether (sulfide) groups is 3. The number of carbonyl (C=O) groups excluding carboxylic acids is 3. The Hall–Kier alpha value is -6.36. The molecule has 1 aliphatic carbocycles. The highest BCUT2D eigenvalue weighted by molar-refractivity contribution is 8.04. The predicted octanol–water partition coefficient (Wildman–Crippen LogP) is 0.267. The van der Waals surface area contributed by atoms with Gasteiger partial charge < -0.3 is 109 Å². The first-order chi connectivity index (χ1) is 44.9. The number of hydrogen-bond acceptors (Lipinski definition) is 36. The topological polar surface area (TPSA) is 490 Å². The average molecular weight is 1390 g/mol. The molecule has 0 unspecified atom stereocenters. The molecule has 33 nitrogen and oxygen atoms in total.